The Hall–Kier alpha value is -3.62. The fourth-order valence-corrected chi connectivity index (χ4v) is 4.05. The van der Waals surface area contributed by atoms with Gasteiger partial charge in [-0.3, -0.25) is 4.79 Å². The standard InChI is InChI=1S/C21H22N8O/c1-15-17-4-2-3-5-18(17)21(25-24-15)27-10-8-16(9-11-27)12-28-20(30)7-6-19(26-28)29-14-22-13-23-29/h2-7,13-14,16H,8-12H2,1H3. The van der Waals surface area contributed by atoms with Gasteiger partial charge in [-0.2, -0.15) is 10.2 Å². The number of rotatable bonds is 4. The van der Waals surface area contributed by atoms with Crippen LogP contribution < -0.4 is 10.5 Å². The van der Waals surface area contributed by atoms with Crippen molar-refractivity contribution in [2.75, 3.05) is 18.0 Å². The van der Waals surface area contributed by atoms with Gasteiger partial charge in [0.2, 0.25) is 0 Å². The van der Waals surface area contributed by atoms with Crippen LogP contribution >= 0.6 is 0 Å². The molecule has 0 saturated carbocycles. The summed E-state index contributed by atoms with van der Waals surface area (Å²) < 4.78 is 3.10. The second-order valence-corrected chi connectivity index (χ2v) is 7.64. The number of hydrogen-bond donors (Lipinski definition) is 0. The fourth-order valence-electron chi connectivity index (χ4n) is 4.05. The van der Waals surface area contributed by atoms with Gasteiger partial charge in [0, 0.05) is 36.5 Å². The second kappa shape index (κ2) is 7.66. The van der Waals surface area contributed by atoms with Crippen molar-refractivity contribution in [3.8, 4) is 5.82 Å². The van der Waals surface area contributed by atoms with E-state index >= 15 is 0 Å². The zero-order chi connectivity index (χ0) is 20.5. The molecule has 30 heavy (non-hydrogen) atoms. The van der Waals surface area contributed by atoms with Crippen LogP contribution in [0.5, 0.6) is 0 Å². The SMILES string of the molecule is Cc1nnc(N2CCC(Cn3nc(-n4cncn4)ccc3=O)CC2)c2ccccc12. The second-order valence-electron chi connectivity index (χ2n) is 7.64. The van der Waals surface area contributed by atoms with E-state index in [0.717, 1.165) is 48.2 Å². The van der Waals surface area contributed by atoms with Crippen LogP contribution in [0, 0.1) is 12.8 Å². The minimum absolute atomic E-state index is 0.100. The summed E-state index contributed by atoms with van der Waals surface area (Å²) in [6.45, 7) is 4.34. The molecule has 1 aliphatic rings. The molecule has 0 radical (unpaired) electrons. The minimum atomic E-state index is -0.100. The van der Waals surface area contributed by atoms with Gasteiger partial charge < -0.3 is 4.90 Å². The van der Waals surface area contributed by atoms with Gasteiger partial charge in [0.1, 0.15) is 12.7 Å². The van der Waals surface area contributed by atoms with Crippen molar-refractivity contribution in [3.63, 3.8) is 0 Å². The normalized spacial score (nSPS) is 15.0. The van der Waals surface area contributed by atoms with Crippen LogP contribution in [-0.2, 0) is 6.54 Å². The molecule has 0 spiro atoms. The molecule has 9 heteroatoms. The van der Waals surface area contributed by atoms with E-state index in [4.69, 9.17) is 0 Å². The molecular weight excluding hydrogens is 380 g/mol. The summed E-state index contributed by atoms with van der Waals surface area (Å²) in [5.74, 6) is 1.91. The van der Waals surface area contributed by atoms with Crippen LogP contribution in [0.15, 0.2) is 53.8 Å². The van der Waals surface area contributed by atoms with E-state index in [0.29, 0.717) is 18.3 Å². The maximum absolute atomic E-state index is 12.3. The number of fused-ring (bicyclic) bond motifs is 1. The van der Waals surface area contributed by atoms with Crippen molar-refractivity contribution in [3.05, 3.63) is 65.1 Å². The first-order valence-electron chi connectivity index (χ1n) is 10.1. The van der Waals surface area contributed by atoms with E-state index < -0.39 is 0 Å². The van der Waals surface area contributed by atoms with Crippen LogP contribution in [0.4, 0.5) is 5.82 Å². The van der Waals surface area contributed by atoms with Gasteiger partial charge in [0.05, 0.1) is 5.69 Å². The number of aromatic nitrogens is 7. The number of anilines is 1. The summed E-state index contributed by atoms with van der Waals surface area (Å²) >= 11 is 0. The number of benzene rings is 1. The predicted octanol–water partition coefficient (Wildman–Crippen LogP) is 1.99. The first-order valence-corrected chi connectivity index (χ1v) is 10.1. The van der Waals surface area contributed by atoms with Crippen LogP contribution in [0.2, 0.25) is 0 Å². The largest absolute Gasteiger partial charge is 0.355 e. The number of aryl methyl sites for hydroxylation is 1. The van der Waals surface area contributed by atoms with Crippen molar-refractivity contribution >= 4 is 16.6 Å². The summed E-state index contributed by atoms with van der Waals surface area (Å²) in [4.78, 5) is 18.5. The van der Waals surface area contributed by atoms with E-state index in [1.807, 2.05) is 19.1 Å². The van der Waals surface area contributed by atoms with Crippen LogP contribution in [0.1, 0.15) is 18.5 Å². The smallest absolute Gasteiger partial charge is 0.266 e. The summed E-state index contributed by atoms with van der Waals surface area (Å²) in [6, 6.07) is 11.5. The first-order chi connectivity index (χ1) is 14.7. The molecule has 1 saturated heterocycles. The van der Waals surface area contributed by atoms with Gasteiger partial charge in [0.25, 0.3) is 5.56 Å². The first kappa shape index (κ1) is 18.4. The number of piperidine rings is 1. The van der Waals surface area contributed by atoms with E-state index in [-0.39, 0.29) is 5.56 Å². The highest BCUT2D eigenvalue weighted by molar-refractivity contribution is 5.93. The zero-order valence-corrected chi connectivity index (χ0v) is 16.7. The Balaban J connectivity index is 1.31. The molecule has 1 fully saturated rings. The highest BCUT2D eigenvalue weighted by Crippen LogP contribution is 2.29. The Morgan fingerprint density at radius 2 is 1.83 bits per heavy atom. The van der Waals surface area contributed by atoms with Gasteiger partial charge in [-0.15, -0.1) is 10.2 Å². The average Bonchev–Trinajstić information content (AvgIpc) is 3.32. The molecule has 152 valence electrons. The van der Waals surface area contributed by atoms with Crippen molar-refractivity contribution < 1.29 is 0 Å². The maximum Gasteiger partial charge on any atom is 0.266 e. The van der Waals surface area contributed by atoms with Crippen molar-refractivity contribution in [2.45, 2.75) is 26.3 Å². The quantitative estimate of drug-likeness (QED) is 0.515. The molecule has 4 heterocycles. The van der Waals surface area contributed by atoms with Crippen molar-refractivity contribution in [1.82, 2.24) is 34.7 Å². The van der Waals surface area contributed by atoms with E-state index in [2.05, 4.69) is 42.4 Å². The molecule has 0 amide bonds. The van der Waals surface area contributed by atoms with Crippen molar-refractivity contribution in [2.24, 2.45) is 5.92 Å². The predicted molar refractivity (Wildman–Crippen MR) is 113 cm³/mol. The highest BCUT2D eigenvalue weighted by Gasteiger charge is 2.23. The lowest BCUT2D eigenvalue weighted by atomic mass is 9.96. The number of nitrogens with zero attached hydrogens (tertiary/aromatic N) is 8. The molecule has 1 aliphatic heterocycles. The third kappa shape index (κ3) is 3.42. The molecule has 3 aromatic heterocycles. The third-order valence-corrected chi connectivity index (χ3v) is 5.70. The highest BCUT2D eigenvalue weighted by atomic mass is 16.1. The molecule has 5 rings (SSSR count). The molecule has 4 aromatic rings. The lowest BCUT2D eigenvalue weighted by Gasteiger charge is -2.33. The Morgan fingerprint density at radius 3 is 2.60 bits per heavy atom. The lowest BCUT2D eigenvalue weighted by Crippen LogP contribution is -2.37. The average molecular weight is 402 g/mol. The monoisotopic (exact) mass is 402 g/mol. The Bertz CT molecular complexity index is 1230. The molecular formula is C21H22N8O. The molecule has 0 bridgehead atoms. The topological polar surface area (TPSA) is 94.6 Å². The summed E-state index contributed by atoms with van der Waals surface area (Å²) in [5, 5.41) is 19.7. The summed E-state index contributed by atoms with van der Waals surface area (Å²) in [7, 11) is 0. The minimum Gasteiger partial charge on any atom is -0.355 e. The van der Waals surface area contributed by atoms with Crippen LogP contribution in [0.25, 0.3) is 16.6 Å². The molecule has 9 nitrogen and oxygen atoms in total. The Labute approximate surface area is 173 Å². The maximum atomic E-state index is 12.3. The van der Waals surface area contributed by atoms with Crippen LogP contribution in [-0.4, -0.2) is 47.8 Å². The van der Waals surface area contributed by atoms with E-state index in [9.17, 15) is 4.79 Å². The van der Waals surface area contributed by atoms with Crippen LogP contribution in [0.3, 0.4) is 0 Å². The number of hydrogen-bond acceptors (Lipinski definition) is 7. The molecule has 0 atom stereocenters. The van der Waals surface area contributed by atoms with Gasteiger partial charge in [0.15, 0.2) is 11.6 Å². The van der Waals surface area contributed by atoms with Crippen molar-refractivity contribution in [1.29, 1.82) is 0 Å². The molecule has 1 aromatic carbocycles. The molecule has 0 aliphatic carbocycles. The molecule has 0 unspecified atom stereocenters. The van der Waals surface area contributed by atoms with Gasteiger partial charge >= 0.3 is 0 Å². The Kier molecular flexibility index (Phi) is 4.70. The van der Waals surface area contributed by atoms with Gasteiger partial charge in [-0.1, -0.05) is 24.3 Å². The molecule has 0 N–H and O–H groups in total. The van der Waals surface area contributed by atoms with E-state index in [1.54, 1.807) is 21.8 Å². The van der Waals surface area contributed by atoms with Gasteiger partial charge in [-0.05, 0) is 31.7 Å². The summed E-state index contributed by atoms with van der Waals surface area (Å²) in [5.41, 5.74) is 0.846. The summed E-state index contributed by atoms with van der Waals surface area (Å²) in [6.07, 6.45) is 4.95. The Morgan fingerprint density at radius 1 is 1.03 bits per heavy atom. The van der Waals surface area contributed by atoms with Gasteiger partial charge in [-0.25, -0.2) is 14.3 Å². The third-order valence-electron chi connectivity index (χ3n) is 5.70. The zero-order valence-electron chi connectivity index (χ0n) is 16.7. The lowest BCUT2D eigenvalue weighted by molar-refractivity contribution is 0.333. The fraction of sp³-hybridized carbons (Fsp3) is 0.333. The van der Waals surface area contributed by atoms with E-state index in [1.165, 1.54) is 12.4 Å².